The van der Waals surface area contributed by atoms with Gasteiger partial charge in [0.15, 0.2) is 0 Å². The first-order valence-electron chi connectivity index (χ1n) is 9.47. The summed E-state index contributed by atoms with van der Waals surface area (Å²) in [7, 11) is 0. The molecule has 1 heterocycles. The van der Waals surface area contributed by atoms with Gasteiger partial charge in [-0.15, -0.1) is 0 Å². The minimum absolute atomic E-state index is 0.0328. The van der Waals surface area contributed by atoms with E-state index in [1.54, 1.807) is 24.3 Å². The second kappa shape index (κ2) is 9.60. The van der Waals surface area contributed by atoms with Crippen molar-refractivity contribution in [3.05, 3.63) is 71.3 Å². The Bertz CT molecular complexity index is 679. The maximum atomic E-state index is 13.3. The number of amides is 1. The van der Waals surface area contributed by atoms with Crippen LogP contribution < -0.4 is 5.32 Å². The molecule has 5 heteroatoms. The summed E-state index contributed by atoms with van der Waals surface area (Å²) in [4.78, 5) is 12.2. The Labute approximate surface area is 158 Å². The van der Waals surface area contributed by atoms with Crippen molar-refractivity contribution in [3.8, 4) is 0 Å². The number of carbonyl (C=O) groups is 1. The zero-order valence-electron chi connectivity index (χ0n) is 15.3. The number of hydrogen-bond acceptors (Lipinski definition) is 2. The molecule has 0 bridgehead atoms. The lowest BCUT2D eigenvalue weighted by atomic mass is 9.88. The highest BCUT2D eigenvalue weighted by atomic mass is 19.1. The Hall–Kier alpha value is -2.27. The highest BCUT2D eigenvalue weighted by Crippen LogP contribution is 2.28. The third-order valence-electron chi connectivity index (χ3n) is 5.11. The molecule has 1 N–H and O–H groups in total. The number of ether oxygens (including phenoxy) is 1. The average molecular weight is 373 g/mol. The molecule has 0 unspecified atom stereocenters. The molecule has 0 aromatic heterocycles. The molecule has 1 saturated heterocycles. The molecular weight excluding hydrogens is 348 g/mol. The molecular formula is C22H25F2NO2. The van der Waals surface area contributed by atoms with E-state index >= 15 is 0 Å². The quantitative estimate of drug-likeness (QED) is 0.780. The van der Waals surface area contributed by atoms with Crippen molar-refractivity contribution in [1.82, 2.24) is 5.32 Å². The largest absolute Gasteiger partial charge is 0.381 e. The third kappa shape index (κ3) is 5.86. The molecule has 3 nitrogen and oxygen atoms in total. The van der Waals surface area contributed by atoms with E-state index in [9.17, 15) is 13.6 Å². The average Bonchev–Trinajstić information content (AvgIpc) is 2.68. The molecule has 0 aliphatic carbocycles. The summed E-state index contributed by atoms with van der Waals surface area (Å²) in [5.74, 6) is -0.167. The van der Waals surface area contributed by atoms with E-state index in [0.717, 1.165) is 37.2 Å². The minimum Gasteiger partial charge on any atom is -0.381 e. The Morgan fingerprint density at radius 1 is 0.963 bits per heavy atom. The fourth-order valence-electron chi connectivity index (χ4n) is 3.56. The molecule has 3 rings (SSSR count). The lowest BCUT2D eigenvalue weighted by Gasteiger charge is -2.22. The predicted octanol–water partition coefficient (Wildman–Crippen LogP) is 4.42. The smallest absolute Gasteiger partial charge is 0.220 e. The lowest BCUT2D eigenvalue weighted by molar-refractivity contribution is -0.122. The van der Waals surface area contributed by atoms with Crippen LogP contribution >= 0.6 is 0 Å². The van der Waals surface area contributed by atoms with E-state index in [4.69, 9.17) is 4.74 Å². The Morgan fingerprint density at radius 2 is 1.48 bits per heavy atom. The van der Waals surface area contributed by atoms with E-state index in [1.807, 2.05) is 0 Å². The van der Waals surface area contributed by atoms with Crippen LogP contribution in [0.3, 0.4) is 0 Å². The van der Waals surface area contributed by atoms with Crippen molar-refractivity contribution in [3.63, 3.8) is 0 Å². The number of rotatable bonds is 7. The van der Waals surface area contributed by atoms with Gasteiger partial charge in [0.2, 0.25) is 5.91 Å². The van der Waals surface area contributed by atoms with E-state index < -0.39 is 0 Å². The molecule has 1 fully saturated rings. The predicted molar refractivity (Wildman–Crippen MR) is 100 cm³/mol. The van der Waals surface area contributed by atoms with Gasteiger partial charge in [-0.25, -0.2) is 8.78 Å². The Morgan fingerprint density at radius 3 is 2.00 bits per heavy atom. The van der Waals surface area contributed by atoms with Gasteiger partial charge < -0.3 is 10.1 Å². The fraction of sp³-hybridized carbons (Fsp3) is 0.409. The van der Waals surface area contributed by atoms with Crippen LogP contribution in [0.25, 0.3) is 0 Å². The van der Waals surface area contributed by atoms with Gasteiger partial charge in [-0.1, -0.05) is 24.3 Å². The topological polar surface area (TPSA) is 38.3 Å². The molecule has 27 heavy (non-hydrogen) atoms. The Balaban J connectivity index is 1.60. The van der Waals surface area contributed by atoms with Crippen molar-refractivity contribution in [2.45, 2.75) is 31.6 Å². The standard InChI is InChI=1S/C22H25F2NO2/c23-19-5-1-17(2-6-19)21(18-3-7-20(24)8-4-18)9-12-25-22(26)15-16-10-13-27-14-11-16/h1-8,16,21H,9-15H2,(H,25,26). The number of nitrogens with one attached hydrogen (secondary N) is 1. The molecule has 0 saturated carbocycles. The van der Waals surface area contributed by atoms with Crippen LogP contribution in [0.4, 0.5) is 8.78 Å². The second-order valence-corrected chi connectivity index (χ2v) is 7.05. The van der Waals surface area contributed by atoms with Gasteiger partial charge in [-0.3, -0.25) is 4.79 Å². The molecule has 0 radical (unpaired) electrons. The summed E-state index contributed by atoms with van der Waals surface area (Å²) in [6, 6.07) is 12.7. The summed E-state index contributed by atoms with van der Waals surface area (Å²) in [6.07, 6.45) is 3.06. The molecule has 2 aromatic carbocycles. The molecule has 0 atom stereocenters. The molecule has 1 aliphatic heterocycles. The molecule has 2 aromatic rings. The van der Waals surface area contributed by atoms with Crippen molar-refractivity contribution in [2.24, 2.45) is 5.92 Å². The Kier molecular flexibility index (Phi) is 6.93. The molecule has 1 amide bonds. The van der Waals surface area contributed by atoms with Gasteiger partial charge in [0.05, 0.1) is 0 Å². The summed E-state index contributed by atoms with van der Waals surface area (Å²) in [5, 5.41) is 2.99. The summed E-state index contributed by atoms with van der Waals surface area (Å²) >= 11 is 0. The maximum Gasteiger partial charge on any atom is 0.220 e. The first kappa shape index (κ1) is 19.5. The van der Waals surface area contributed by atoms with E-state index in [2.05, 4.69) is 5.32 Å². The van der Waals surface area contributed by atoms with Crippen molar-refractivity contribution in [2.75, 3.05) is 19.8 Å². The second-order valence-electron chi connectivity index (χ2n) is 7.05. The van der Waals surface area contributed by atoms with Crippen LogP contribution in [0.5, 0.6) is 0 Å². The highest BCUT2D eigenvalue weighted by molar-refractivity contribution is 5.76. The van der Waals surface area contributed by atoms with Crippen LogP contribution in [-0.2, 0) is 9.53 Å². The minimum atomic E-state index is -0.290. The van der Waals surface area contributed by atoms with Crippen molar-refractivity contribution in [1.29, 1.82) is 0 Å². The van der Waals surface area contributed by atoms with Crippen molar-refractivity contribution >= 4 is 5.91 Å². The van der Waals surface area contributed by atoms with Gasteiger partial charge in [-0.05, 0) is 60.6 Å². The number of carbonyl (C=O) groups excluding carboxylic acids is 1. The van der Waals surface area contributed by atoms with Crippen molar-refractivity contribution < 1.29 is 18.3 Å². The first-order chi connectivity index (χ1) is 13.1. The van der Waals surface area contributed by atoms with Crippen LogP contribution in [0, 0.1) is 17.6 Å². The number of hydrogen-bond donors (Lipinski definition) is 1. The van der Waals surface area contributed by atoms with E-state index in [-0.39, 0.29) is 23.5 Å². The SMILES string of the molecule is O=C(CC1CCOCC1)NCCC(c1ccc(F)cc1)c1ccc(F)cc1. The summed E-state index contributed by atoms with van der Waals surface area (Å²) in [5.41, 5.74) is 1.89. The van der Waals surface area contributed by atoms with E-state index in [0.29, 0.717) is 25.3 Å². The maximum absolute atomic E-state index is 13.3. The van der Waals surface area contributed by atoms with Gasteiger partial charge in [-0.2, -0.15) is 0 Å². The van der Waals surface area contributed by atoms with Gasteiger partial charge in [0.1, 0.15) is 11.6 Å². The van der Waals surface area contributed by atoms with Gasteiger partial charge >= 0.3 is 0 Å². The zero-order chi connectivity index (χ0) is 19.1. The first-order valence-corrected chi connectivity index (χ1v) is 9.47. The van der Waals surface area contributed by atoms with Gasteiger partial charge in [0.25, 0.3) is 0 Å². The number of halogens is 2. The van der Waals surface area contributed by atoms with Crippen LogP contribution in [0.15, 0.2) is 48.5 Å². The normalized spacial score (nSPS) is 15.1. The van der Waals surface area contributed by atoms with Crippen LogP contribution in [0.2, 0.25) is 0 Å². The monoisotopic (exact) mass is 373 g/mol. The van der Waals surface area contributed by atoms with E-state index in [1.165, 1.54) is 24.3 Å². The summed E-state index contributed by atoms with van der Waals surface area (Å²) < 4.78 is 31.9. The highest BCUT2D eigenvalue weighted by Gasteiger charge is 2.18. The number of benzene rings is 2. The lowest BCUT2D eigenvalue weighted by Crippen LogP contribution is -2.29. The molecule has 1 aliphatic rings. The van der Waals surface area contributed by atoms with Crippen LogP contribution in [-0.4, -0.2) is 25.7 Å². The molecule has 0 spiro atoms. The third-order valence-corrected chi connectivity index (χ3v) is 5.11. The van der Waals surface area contributed by atoms with Crippen LogP contribution in [0.1, 0.15) is 42.7 Å². The van der Waals surface area contributed by atoms with Gasteiger partial charge in [0, 0.05) is 32.1 Å². The zero-order valence-corrected chi connectivity index (χ0v) is 15.3. The summed E-state index contributed by atoms with van der Waals surface area (Å²) in [6.45, 7) is 1.98. The molecule has 144 valence electrons. The fourth-order valence-corrected chi connectivity index (χ4v) is 3.56.